The van der Waals surface area contributed by atoms with Crippen LogP contribution in [0.15, 0.2) is 60.2 Å². The van der Waals surface area contributed by atoms with Crippen molar-refractivity contribution in [1.82, 2.24) is 0 Å². The molecule has 1 aliphatic heterocycles. The van der Waals surface area contributed by atoms with Crippen molar-refractivity contribution in [3.05, 3.63) is 82.5 Å². The predicted octanol–water partition coefficient (Wildman–Crippen LogP) is 6.26. The molecule has 0 unspecified atom stereocenters. The summed E-state index contributed by atoms with van der Waals surface area (Å²) >= 11 is 0. The van der Waals surface area contributed by atoms with Crippen molar-refractivity contribution in [3.8, 4) is 11.1 Å². The molecule has 3 aromatic rings. The van der Waals surface area contributed by atoms with Crippen molar-refractivity contribution in [2.75, 3.05) is 0 Å². The molecular formula is C29H26Si. The van der Waals surface area contributed by atoms with E-state index in [0.29, 0.717) is 0 Å². The van der Waals surface area contributed by atoms with Crippen molar-refractivity contribution in [2.24, 2.45) is 0 Å². The van der Waals surface area contributed by atoms with Crippen molar-refractivity contribution >= 4 is 40.9 Å². The second-order valence-electron chi connectivity index (χ2n) is 9.90. The zero-order chi connectivity index (χ0) is 20.0. The summed E-state index contributed by atoms with van der Waals surface area (Å²) in [7, 11) is -1.74. The average molecular weight is 403 g/mol. The number of hydrogen-bond donors (Lipinski definition) is 0. The molecule has 0 bridgehead atoms. The fraction of sp³-hybridized carbons (Fsp3) is 0.241. The lowest BCUT2D eigenvalue weighted by Crippen LogP contribution is -2.49. The first kappa shape index (κ1) is 17.1. The Kier molecular flexibility index (Phi) is 3.27. The predicted molar refractivity (Wildman–Crippen MR) is 132 cm³/mol. The average Bonchev–Trinajstić information content (AvgIpc) is 3.27. The lowest BCUT2D eigenvalue weighted by atomic mass is 9.82. The minimum Gasteiger partial charge on any atom is -0.0839 e. The van der Waals surface area contributed by atoms with Gasteiger partial charge in [-0.3, -0.25) is 0 Å². The van der Waals surface area contributed by atoms with E-state index in [1.807, 2.05) is 0 Å². The molecule has 0 saturated heterocycles. The van der Waals surface area contributed by atoms with Crippen LogP contribution in [0.4, 0.5) is 0 Å². The molecule has 0 radical (unpaired) electrons. The third-order valence-electron chi connectivity index (χ3n) is 8.00. The second-order valence-corrected chi connectivity index (χ2v) is 14.2. The highest BCUT2D eigenvalue weighted by Gasteiger charge is 2.41. The molecule has 7 rings (SSSR count). The molecule has 0 N–H and O–H groups in total. The first-order valence-corrected chi connectivity index (χ1v) is 14.5. The van der Waals surface area contributed by atoms with E-state index in [2.05, 4.69) is 73.8 Å². The highest BCUT2D eigenvalue weighted by Crippen LogP contribution is 2.47. The molecule has 4 aliphatic rings. The van der Waals surface area contributed by atoms with Crippen LogP contribution in [0.5, 0.6) is 0 Å². The Hall–Kier alpha value is -2.64. The summed E-state index contributed by atoms with van der Waals surface area (Å²) in [6.45, 7) is 5.15. The Labute approximate surface area is 179 Å². The summed E-state index contributed by atoms with van der Waals surface area (Å²) in [5, 5.41) is 6.46. The van der Waals surface area contributed by atoms with E-state index >= 15 is 0 Å². The van der Waals surface area contributed by atoms with Gasteiger partial charge >= 0.3 is 0 Å². The molecule has 0 nitrogen and oxygen atoms in total. The van der Waals surface area contributed by atoms with Gasteiger partial charge in [0.25, 0.3) is 0 Å². The van der Waals surface area contributed by atoms with Crippen LogP contribution >= 0.6 is 0 Å². The normalized spacial score (nSPS) is 19.5. The molecule has 0 fully saturated rings. The smallest absolute Gasteiger partial charge is 0.0839 e. The molecule has 146 valence electrons. The van der Waals surface area contributed by atoms with E-state index < -0.39 is 8.07 Å². The lowest BCUT2D eigenvalue weighted by molar-refractivity contribution is 0.993. The molecule has 30 heavy (non-hydrogen) atoms. The number of fused-ring (bicyclic) bond motifs is 11. The largest absolute Gasteiger partial charge is 0.114 e. The van der Waals surface area contributed by atoms with E-state index in [1.54, 1.807) is 54.5 Å². The SMILES string of the molecule is C[Si]1(C)c2ccccc2-c2c3c(c4c5c(ccc4c21)CC1=C5CCC=C1)C=CCC3. The lowest BCUT2D eigenvalue weighted by Gasteiger charge is -2.26. The second kappa shape index (κ2) is 5.74. The maximum atomic E-state index is 2.57. The van der Waals surface area contributed by atoms with Gasteiger partial charge in [-0.05, 0) is 97.8 Å². The van der Waals surface area contributed by atoms with Crippen molar-refractivity contribution < 1.29 is 0 Å². The van der Waals surface area contributed by atoms with Gasteiger partial charge in [0.1, 0.15) is 8.07 Å². The molecule has 1 heteroatoms. The first-order valence-electron chi connectivity index (χ1n) is 11.5. The van der Waals surface area contributed by atoms with E-state index in [0.717, 1.165) is 6.42 Å². The molecule has 0 saturated carbocycles. The Morgan fingerprint density at radius 2 is 1.67 bits per heavy atom. The van der Waals surface area contributed by atoms with Gasteiger partial charge in [-0.15, -0.1) is 0 Å². The topological polar surface area (TPSA) is 0 Å². The Morgan fingerprint density at radius 1 is 0.833 bits per heavy atom. The van der Waals surface area contributed by atoms with Crippen LogP contribution in [-0.4, -0.2) is 8.07 Å². The summed E-state index contributed by atoms with van der Waals surface area (Å²) < 4.78 is 0. The molecular weight excluding hydrogens is 376 g/mol. The summed E-state index contributed by atoms with van der Waals surface area (Å²) in [6, 6.07) is 14.2. The van der Waals surface area contributed by atoms with Crippen LogP contribution in [0.25, 0.3) is 33.5 Å². The van der Waals surface area contributed by atoms with Gasteiger partial charge in [-0.1, -0.05) is 73.8 Å². The molecule has 3 aliphatic carbocycles. The van der Waals surface area contributed by atoms with Crippen molar-refractivity contribution in [3.63, 3.8) is 0 Å². The highest BCUT2D eigenvalue weighted by molar-refractivity contribution is 7.05. The van der Waals surface area contributed by atoms with Gasteiger partial charge in [-0.25, -0.2) is 0 Å². The van der Waals surface area contributed by atoms with Gasteiger partial charge in [0.2, 0.25) is 0 Å². The monoisotopic (exact) mass is 402 g/mol. The first-order chi connectivity index (χ1) is 14.7. The molecule has 0 aromatic heterocycles. The van der Waals surface area contributed by atoms with Crippen LogP contribution in [0.2, 0.25) is 13.1 Å². The van der Waals surface area contributed by atoms with Gasteiger partial charge in [0, 0.05) is 0 Å². The minimum absolute atomic E-state index is 1.12. The van der Waals surface area contributed by atoms with Crippen LogP contribution in [-0.2, 0) is 12.8 Å². The molecule has 0 atom stereocenters. The zero-order valence-electron chi connectivity index (χ0n) is 17.8. The van der Waals surface area contributed by atoms with Gasteiger partial charge < -0.3 is 0 Å². The van der Waals surface area contributed by atoms with E-state index in [-0.39, 0.29) is 0 Å². The summed E-state index contributed by atoms with van der Waals surface area (Å²) in [4.78, 5) is 0. The quantitative estimate of drug-likeness (QED) is 0.389. The summed E-state index contributed by atoms with van der Waals surface area (Å²) in [5.41, 5.74) is 12.6. The summed E-state index contributed by atoms with van der Waals surface area (Å²) in [5.74, 6) is 0. The third-order valence-corrected chi connectivity index (χ3v) is 11.5. The van der Waals surface area contributed by atoms with E-state index in [4.69, 9.17) is 0 Å². The fourth-order valence-electron chi connectivity index (χ4n) is 6.77. The maximum Gasteiger partial charge on any atom is 0.114 e. The highest BCUT2D eigenvalue weighted by atomic mass is 28.3. The zero-order valence-corrected chi connectivity index (χ0v) is 18.8. The Morgan fingerprint density at radius 3 is 2.60 bits per heavy atom. The number of benzene rings is 3. The third kappa shape index (κ3) is 1.97. The number of hydrogen-bond acceptors (Lipinski definition) is 0. The van der Waals surface area contributed by atoms with E-state index in [1.165, 1.54) is 36.8 Å². The fourth-order valence-corrected chi connectivity index (χ4v) is 10.2. The number of allylic oxidation sites excluding steroid dienone is 5. The van der Waals surface area contributed by atoms with Crippen LogP contribution < -0.4 is 10.4 Å². The van der Waals surface area contributed by atoms with Crippen LogP contribution in [0, 0.1) is 0 Å². The Bertz CT molecular complexity index is 1380. The minimum atomic E-state index is -1.74. The van der Waals surface area contributed by atoms with Crippen molar-refractivity contribution in [1.29, 1.82) is 0 Å². The van der Waals surface area contributed by atoms with E-state index in [9.17, 15) is 0 Å². The molecule has 1 heterocycles. The summed E-state index contributed by atoms with van der Waals surface area (Å²) in [6.07, 6.45) is 15.5. The molecule has 3 aromatic carbocycles. The molecule has 0 spiro atoms. The standard InChI is InChI=1S/C29H26Si/c1-30(2)25-14-8-7-13-23(25)28-22-12-6-5-11-21(22)27-24(29(28)30)16-15-19-17-18-9-3-4-10-20(18)26(19)27/h3,5,7-9,11,13-16H,4,6,10,12,17H2,1-2H3. The van der Waals surface area contributed by atoms with Gasteiger partial charge in [-0.2, -0.15) is 0 Å². The maximum absolute atomic E-state index is 2.57. The van der Waals surface area contributed by atoms with Crippen LogP contribution in [0.3, 0.4) is 0 Å². The van der Waals surface area contributed by atoms with Crippen molar-refractivity contribution in [2.45, 2.75) is 45.2 Å². The van der Waals surface area contributed by atoms with Gasteiger partial charge in [0.05, 0.1) is 0 Å². The Balaban J connectivity index is 1.69. The van der Waals surface area contributed by atoms with Crippen LogP contribution in [0.1, 0.15) is 41.5 Å². The van der Waals surface area contributed by atoms with Gasteiger partial charge in [0.15, 0.2) is 0 Å². The molecule has 0 amide bonds. The number of rotatable bonds is 0.